The third-order valence-corrected chi connectivity index (χ3v) is 9.73. The molecule has 0 atom stereocenters. The molecule has 2 aromatic heterocycles. The molecule has 0 amide bonds. The Bertz CT molecular complexity index is 2900. The first-order valence-corrected chi connectivity index (χ1v) is 17.1. The zero-order valence-corrected chi connectivity index (χ0v) is 27.5. The van der Waals surface area contributed by atoms with Gasteiger partial charge < -0.3 is 4.42 Å². The lowest BCUT2D eigenvalue weighted by Crippen LogP contribution is -2.00. The van der Waals surface area contributed by atoms with Gasteiger partial charge in [0.05, 0.1) is 0 Å². The minimum Gasteiger partial charge on any atom is -0.456 e. The molecule has 10 rings (SSSR count). The molecule has 238 valence electrons. The van der Waals surface area contributed by atoms with Gasteiger partial charge in [0, 0.05) is 27.5 Å². The molecule has 4 nitrogen and oxygen atoms in total. The fourth-order valence-electron chi connectivity index (χ4n) is 7.16. The smallest absolute Gasteiger partial charge is 0.164 e. The minimum atomic E-state index is 0.600. The van der Waals surface area contributed by atoms with Gasteiger partial charge in [-0.05, 0) is 68.1 Å². The van der Waals surface area contributed by atoms with Crippen LogP contribution in [0.1, 0.15) is 0 Å². The van der Waals surface area contributed by atoms with E-state index in [-0.39, 0.29) is 0 Å². The van der Waals surface area contributed by atoms with Crippen LogP contribution < -0.4 is 0 Å². The molecule has 10 aromatic rings. The summed E-state index contributed by atoms with van der Waals surface area (Å²) in [6.07, 6.45) is 0. The van der Waals surface area contributed by atoms with Gasteiger partial charge in [-0.1, -0.05) is 152 Å². The Labute approximate surface area is 294 Å². The van der Waals surface area contributed by atoms with Crippen LogP contribution in [0.4, 0.5) is 0 Å². The summed E-state index contributed by atoms with van der Waals surface area (Å²) in [4.78, 5) is 15.3. The van der Waals surface area contributed by atoms with Crippen LogP contribution >= 0.6 is 0 Å². The van der Waals surface area contributed by atoms with Crippen LogP contribution in [-0.2, 0) is 0 Å². The third kappa shape index (κ3) is 5.13. The molecule has 2 heterocycles. The van der Waals surface area contributed by atoms with Crippen molar-refractivity contribution in [2.45, 2.75) is 0 Å². The first-order chi connectivity index (χ1) is 25.2. The van der Waals surface area contributed by atoms with Gasteiger partial charge in [0.1, 0.15) is 11.2 Å². The summed E-state index contributed by atoms with van der Waals surface area (Å²) in [6, 6.07) is 61.1. The molecule has 0 spiro atoms. The highest BCUT2D eigenvalue weighted by Crippen LogP contribution is 2.39. The van der Waals surface area contributed by atoms with Crippen LogP contribution in [0.3, 0.4) is 0 Å². The molecule has 0 aliphatic heterocycles. The maximum Gasteiger partial charge on any atom is 0.164 e. The van der Waals surface area contributed by atoms with E-state index < -0.39 is 0 Å². The van der Waals surface area contributed by atoms with Crippen molar-refractivity contribution in [3.8, 4) is 56.4 Å². The number of aromatic nitrogens is 3. The Morgan fingerprint density at radius 3 is 1.65 bits per heavy atom. The van der Waals surface area contributed by atoms with Gasteiger partial charge >= 0.3 is 0 Å². The number of fused-ring (bicyclic) bond motifs is 6. The molecule has 8 aromatic carbocycles. The summed E-state index contributed by atoms with van der Waals surface area (Å²) < 4.78 is 6.43. The van der Waals surface area contributed by atoms with Gasteiger partial charge in [0.25, 0.3) is 0 Å². The van der Waals surface area contributed by atoms with Gasteiger partial charge in [-0.25, -0.2) is 15.0 Å². The first kappa shape index (κ1) is 29.0. The SMILES string of the molecule is c1ccc(-c2ccc(-c3ccc4oc5cccc(-c6nc(-c7ccccc7)nc(-c7ccc8ccc9ccccc9c8c7)n6)c5c4c3)cc2)cc1. The Kier molecular flexibility index (Phi) is 6.78. The quantitative estimate of drug-likeness (QED) is 0.174. The van der Waals surface area contributed by atoms with Crippen molar-refractivity contribution in [3.05, 3.63) is 176 Å². The number of hydrogen-bond acceptors (Lipinski definition) is 4. The Balaban J connectivity index is 1.15. The highest BCUT2D eigenvalue weighted by atomic mass is 16.3. The van der Waals surface area contributed by atoms with Gasteiger partial charge in [-0.3, -0.25) is 0 Å². The molecule has 0 saturated heterocycles. The fraction of sp³-hybridized carbons (Fsp3) is 0. The standard InChI is InChI=1S/C47H29N3O/c1-3-10-30(11-4-1)31-18-20-32(21-19-31)36-26-27-42-41(28-36)44-39(16-9-17-43(44)51-42)47-49-45(35-13-5-2-6-14-35)48-46(50-47)37-25-24-34-23-22-33-12-7-8-15-38(33)40(34)29-37/h1-29H. The van der Waals surface area contributed by atoms with Gasteiger partial charge in [-0.2, -0.15) is 0 Å². The molecule has 0 saturated carbocycles. The predicted molar refractivity (Wildman–Crippen MR) is 209 cm³/mol. The predicted octanol–water partition coefficient (Wildman–Crippen LogP) is 12.4. The van der Waals surface area contributed by atoms with Crippen LogP contribution in [0.5, 0.6) is 0 Å². The van der Waals surface area contributed by atoms with Crippen molar-refractivity contribution in [1.82, 2.24) is 15.0 Å². The molecule has 4 heteroatoms. The van der Waals surface area contributed by atoms with Crippen molar-refractivity contribution in [3.63, 3.8) is 0 Å². The summed E-state index contributed by atoms with van der Waals surface area (Å²) >= 11 is 0. The van der Waals surface area contributed by atoms with Crippen LogP contribution in [0, 0.1) is 0 Å². The second kappa shape index (κ2) is 11.9. The van der Waals surface area contributed by atoms with E-state index in [9.17, 15) is 0 Å². The van der Waals surface area contributed by atoms with E-state index in [4.69, 9.17) is 19.4 Å². The average molecular weight is 652 g/mol. The van der Waals surface area contributed by atoms with Crippen molar-refractivity contribution < 1.29 is 4.42 Å². The lowest BCUT2D eigenvalue weighted by Gasteiger charge is -2.11. The molecular formula is C47H29N3O. The van der Waals surface area contributed by atoms with Crippen molar-refractivity contribution in [2.75, 3.05) is 0 Å². The molecule has 0 unspecified atom stereocenters. The first-order valence-electron chi connectivity index (χ1n) is 17.1. The van der Waals surface area contributed by atoms with Gasteiger partial charge in [-0.15, -0.1) is 0 Å². The summed E-state index contributed by atoms with van der Waals surface area (Å²) in [5.74, 6) is 1.85. The number of furan rings is 1. The van der Waals surface area contributed by atoms with Crippen molar-refractivity contribution in [1.29, 1.82) is 0 Å². The summed E-state index contributed by atoms with van der Waals surface area (Å²) in [5, 5.41) is 6.75. The van der Waals surface area contributed by atoms with E-state index in [1.807, 2.05) is 48.5 Å². The molecule has 0 aliphatic rings. The highest BCUT2D eigenvalue weighted by Gasteiger charge is 2.19. The van der Waals surface area contributed by atoms with Gasteiger partial charge in [0.2, 0.25) is 0 Å². The molecule has 0 radical (unpaired) electrons. The highest BCUT2D eigenvalue weighted by molar-refractivity contribution is 6.13. The Morgan fingerprint density at radius 2 is 0.863 bits per heavy atom. The zero-order valence-electron chi connectivity index (χ0n) is 27.5. The topological polar surface area (TPSA) is 51.8 Å². The normalized spacial score (nSPS) is 11.5. The van der Waals surface area contributed by atoms with E-state index >= 15 is 0 Å². The van der Waals surface area contributed by atoms with Crippen molar-refractivity contribution in [2.24, 2.45) is 0 Å². The van der Waals surface area contributed by atoms with E-state index in [1.54, 1.807) is 0 Å². The van der Waals surface area contributed by atoms with E-state index in [0.29, 0.717) is 17.5 Å². The summed E-state index contributed by atoms with van der Waals surface area (Å²) in [5.41, 5.74) is 9.02. The fourth-order valence-corrected chi connectivity index (χ4v) is 7.16. The largest absolute Gasteiger partial charge is 0.456 e. The number of hydrogen-bond donors (Lipinski definition) is 0. The summed E-state index contributed by atoms with van der Waals surface area (Å²) in [6.45, 7) is 0. The summed E-state index contributed by atoms with van der Waals surface area (Å²) in [7, 11) is 0. The number of nitrogens with zero attached hydrogens (tertiary/aromatic N) is 3. The molecule has 0 fully saturated rings. The van der Waals surface area contributed by atoms with Crippen LogP contribution in [0.15, 0.2) is 180 Å². The molecular weight excluding hydrogens is 623 g/mol. The van der Waals surface area contributed by atoms with E-state index in [1.165, 1.54) is 32.7 Å². The lowest BCUT2D eigenvalue weighted by atomic mass is 9.98. The van der Waals surface area contributed by atoms with Crippen LogP contribution in [-0.4, -0.2) is 15.0 Å². The minimum absolute atomic E-state index is 0.600. The van der Waals surface area contributed by atoms with Crippen LogP contribution in [0.25, 0.3) is 99.9 Å². The molecule has 0 aliphatic carbocycles. The Morgan fingerprint density at radius 1 is 0.314 bits per heavy atom. The number of rotatable bonds is 5. The molecule has 0 N–H and O–H groups in total. The second-order valence-electron chi connectivity index (χ2n) is 12.8. The second-order valence-corrected chi connectivity index (χ2v) is 12.8. The van der Waals surface area contributed by atoms with E-state index in [2.05, 4.69) is 127 Å². The lowest BCUT2D eigenvalue weighted by molar-refractivity contribution is 0.669. The maximum atomic E-state index is 6.43. The van der Waals surface area contributed by atoms with E-state index in [0.717, 1.165) is 49.8 Å². The van der Waals surface area contributed by atoms with Gasteiger partial charge in [0.15, 0.2) is 17.5 Å². The van der Waals surface area contributed by atoms with Crippen molar-refractivity contribution >= 4 is 43.5 Å². The molecule has 51 heavy (non-hydrogen) atoms. The molecule has 0 bridgehead atoms. The number of benzene rings is 8. The monoisotopic (exact) mass is 651 g/mol. The third-order valence-electron chi connectivity index (χ3n) is 9.73. The maximum absolute atomic E-state index is 6.43. The average Bonchev–Trinajstić information content (AvgIpc) is 3.59. The Hall–Kier alpha value is -6.91. The van der Waals surface area contributed by atoms with Crippen LogP contribution in [0.2, 0.25) is 0 Å². The zero-order chi connectivity index (χ0) is 33.7.